The van der Waals surface area contributed by atoms with Gasteiger partial charge in [0.1, 0.15) is 12.6 Å². The molecule has 0 saturated carbocycles. The van der Waals surface area contributed by atoms with Crippen molar-refractivity contribution in [1.82, 2.24) is 10.2 Å². The molecule has 1 atom stereocenters. The molecule has 4 aromatic rings. The summed E-state index contributed by atoms with van der Waals surface area (Å²) in [5, 5.41) is 3.33. The number of nitrogens with one attached hydrogen (secondary N) is 1. The highest BCUT2D eigenvalue weighted by molar-refractivity contribution is 9.10. The lowest BCUT2D eigenvalue weighted by Crippen LogP contribution is -2.53. The van der Waals surface area contributed by atoms with Crippen LogP contribution in [0.25, 0.3) is 0 Å². The lowest BCUT2D eigenvalue weighted by Gasteiger charge is -2.34. The van der Waals surface area contributed by atoms with Crippen molar-refractivity contribution in [3.63, 3.8) is 0 Å². The average Bonchev–Trinajstić information content (AvgIpc) is 3.03. The van der Waals surface area contributed by atoms with Gasteiger partial charge in [-0.25, -0.2) is 8.42 Å². The van der Waals surface area contributed by atoms with Gasteiger partial charge >= 0.3 is 0 Å². The molecule has 0 spiro atoms. The first-order valence-electron chi connectivity index (χ1n) is 14.7. The third kappa shape index (κ3) is 8.75. The maximum atomic E-state index is 14.5. The molecule has 7 nitrogen and oxygen atoms in total. The number of carbonyl (C=O) groups is 2. The minimum absolute atomic E-state index is 0.0428. The van der Waals surface area contributed by atoms with Crippen molar-refractivity contribution < 1.29 is 18.0 Å². The lowest BCUT2D eigenvalue weighted by molar-refractivity contribution is -0.140. The van der Waals surface area contributed by atoms with Crippen LogP contribution in [-0.2, 0) is 32.6 Å². The molecule has 1 unspecified atom stereocenters. The van der Waals surface area contributed by atoms with Crippen LogP contribution in [0.15, 0.2) is 106 Å². The fraction of sp³-hybridized carbons (Fsp3) is 0.257. The van der Waals surface area contributed by atoms with E-state index in [2.05, 4.69) is 21.2 Å². The Morgan fingerprint density at radius 1 is 0.867 bits per heavy atom. The van der Waals surface area contributed by atoms with Crippen molar-refractivity contribution >= 4 is 55.1 Å². The lowest BCUT2D eigenvalue weighted by atomic mass is 10.0. The fourth-order valence-corrected chi connectivity index (χ4v) is 6.83. The molecule has 0 aliphatic carbocycles. The van der Waals surface area contributed by atoms with Gasteiger partial charge in [0.15, 0.2) is 0 Å². The summed E-state index contributed by atoms with van der Waals surface area (Å²) in [6.07, 6.45) is 0.973. The molecule has 0 fully saturated rings. The number of anilines is 1. The highest BCUT2D eigenvalue weighted by Gasteiger charge is 2.35. The smallest absolute Gasteiger partial charge is 0.264 e. The molecule has 45 heavy (non-hydrogen) atoms. The van der Waals surface area contributed by atoms with Gasteiger partial charge < -0.3 is 10.2 Å². The van der Waals surface area contributed by atoms with Gasteiger partial charge in [0.25, 0.3) is 10.0 Å². The Morgan fingerprint density at radius 2 is 1.53 bits per heavy atom. The summed E-state index contributed by atoms with van der Waals surface area (Å²) < 4.78 is 30.4. The first kappa shape index (κ1) is 34.2. The van der Waals surface area contributed by atoms with E-state index in [1.165, 1.54) is 17.0 Å². The summed E-state index contributed by atoms with van der Waals surface area (Å²) in [7, 11) is -4.22. The van der Waals surface area contributed by atoms with Crippen LogP contribution in [0.4, 0.5) is 5.69 Å². The average molecular weight is 711 g/mol. The van der Waals surface area contributed by atoms with E-state index in [0.29, 0.717) is 17.1 Å². The number of aryl methyl sites for hydroxylation is 1. The van der Waals surface area contributed by atoms with Gasteiger partial charge in [0.2, 0.25) is 11.8 Å². The Bertz CT molecular complexity index is 1720. The summed E-state index contributed by atoms with van der Waals surface area (Å²) in [6, 6.07) is 27.5. The monoisotopic (exact) mass is 709 g/mol. The van der Waals surface area contributed by atoms with Crippen molar-refractivity contribution in [2.24, 2.45) is 0 Å². The number of carbonyl (C=O) groups excluding carboxylic acids is 2. The second-order valence-electron chi connectivity index (χ2n) is 10.9. The SMILES string of the molecule is CCCNC(=O)C(Cc1ccccc1)N(Cc1ccc(Br)cc1)C(=O)CN(c1cccc(Cl)c1C)S(=O)(=O)c1ccc(C)cc1. The van der Waals surface area contributed by atoms with Gasteiger partial charge in [-0.15, -0.1) is 0 Å². The second kappa shape index (κ2) is 15.6. The van der Waals surface area contributed by atoms with Crippen molar-refractivity contribution in [1.29, 1.82) is 0 Å². The van der Waals surface area contributed by atoms with Gasteiger partial charge in [0.05, 0.1) is 10.6 Å². The Morgan fingerprint density at radius 3 is 2.18 bits per heavy atom. The van der Waals surface area contributed by atoms with E-state index in [0.717, 1.165) is 31.9 Å². The molecular formula is C35H37BrClN3O4S. The van der Waals surface area contributed by atoms with E-state index in [1.54, 1.807) is 37.3 Å². The third-order valence-corrected chi connectivity index (χ3v) is 10.2. The maximum Gasteiger partial charge on any atom is 0.264 e. The number of nitrogens with zero attached hydrogens (tertiary/aromatic N) is 2. The topological polar surface area (TPSA) is 86.8 Å². The van der Waals surface area contributed by atoms with Crippen molar-refractivity contribution in [3.8, 4) is 0 Å². The molecule has 0 radical (unpaired) electrons. The Labute approximate surface area is 279 Å². The van der Waals surface area contributed by atoms with Crippen LogP contribution in [0, 0.1) is 13.8 Å². The highest BCUT2D eigenvalue weighted by atomic mass is 79.9. The number of hydrogen-bond acceptors (Lipinski definition) is 4. The van der Waals surface area contributed by atoms with E-state index in [-0.39, 0.29) is 29.5 Å². The molecule has 0 saturated heterocycles. The van der Waals surface area contributed by atoms with Crippen molar-refractivity contribution in [2.45, 2.75) is 51.1 Å². The molecule has 0 bridgehead atoms. The number of sulfonamides is 1. The zero-order valence-corrected chi connectivity index (χ0v) is 28.7. The second-order valence-corrected chi connectivity index (χ2v) is 14.0. The van der Waals surface area contributed by atoms with E-state index in [9.17, 15) is 18.0 Å². The Hall–Kier alpha value is -3.66. The van der Waals surface area contributed by atoms with Crippen LogP contribution in [0.3, 0.4) is 0 Å². The molecule has 4 aromatic carbocycles. The summed E-state index contributed by atoms with van der Waals surface area (Å²) in [4.78, 5) is 29.8. The van der Waals surface area contributed by atoms with Crippen LogP contribution in [0.1, 0.15) is 35.6 Å². The van der Waals surface area contributed by atoms with Gasteiger partial charge in [-0.2, -0.15) is 0 Å². The molecule has 4 rings (SSSR count). The molecular weight excluding hydrogens is 674 g/mol. The molecule has 0 aliphatic rings. The quantitative estimate of drug-likeness (QED) is 0.161. The zero-order valence-electron chi connectivity index (χ0n) is 25.5. The summed E-state index contributed by atoms with van der Waals surface area (Å²) >= 11 is 9.91. The van der Waals surface area contributed by atoms with Crippen LogP contribution >= 0.6 is 27.5 Å². The maximum absolute atomic E-state index is 14.5. The van der Waals surface area contributed by atoms with Gasteiger partial charge in [-0.1, -0.05) is 101 Å². The Balaban J connectivity index is 1.82. The summed E-state index contributed by atoms with van der Waals surface area (Å²) in [6.45, 7) is 5.54. The highest BCUT2D eigenvalue weighted by Crippen LogP contribution is 2.31. The van der Waals surface area contributed by atoms with E-state index in [1.807, 2.05) is 68.4 Å². The predicted molar refractivity (Wildman–Crippen MR) is 184 cm³/mol. The first-order valence-corrected chi connectivity index (χ1v) is 17.3. The molecule has 2 amide bonds. The van der Waals surface area contributed by atoms with Gasteiger partial charge in [-0.3, -0.25) is 13.9 Å². The van der Waals surface area contributed by atoms with E-state index in [4.69, 9.17) is 11.6 Å². The third-order valence-electron chi connectivity index (χ3n) is 7.48. The fourth-order valence-electron chi connectivity index (χ4n) is 4.92. The number of hydrogen-bond donors (Lipinski definition) is 1. The number of rotatable bonds is 13. The molecule has 236 valence electrons. The first-order chi connectivity index (χ1) is 21.5. The van der Waals surface area contributed by atoms with E-state index >= 15 is 0 Å². The molecule has 0 heterocycles. The molecule has 1 N–H and O–H groups in total. The van der Waals surface area contributed by atoms with Crippen LogP contribution in [0.5, 0.6) is 0 Å². The number of halogens is 2. The summed E-state index contributed by atoms with van der Waals surface area (Å²) in [5.41, 5.74) is 3.37. The minimum Gasteiger partial charge on any atom is -0.354 e. The van der Waals surface area contributed by atoms with Crippen LogP contribution in [-0.4, -0.2) is 44.3 Å². The van der Waals surface area contributed by atoms with Crippen molar-refractivity contribution in [3.05, 3.63) is 129 Å². The Kier molecular flexibility index (Phi) is 11.8. The number of benzene rings is 4. The van der Waals surface area contributed by atoms with Gasteiger partial charge in [-0.05, 0) is 73.4 Å². The predicted octanol–water partition coefficient (Wildman–Crippen LogP) is 7.08. The molecule has 0 aromatic heterocycles. The standard InChI is InChI=1S/C35H37BrClN3O4S/c1-4-21-38-35(42)33(22-27-9-6-5-7-10-27)39(23-28-15-17-29(36)18-16-28)34(41)24-40(32-12-8-11-31(37)26(32)3)45(43,44)30-19-13-25(2)14-20-30/h5-20,33H,4,21-24H2,1-3H3,(H,38,42). The van der Waals surface area contributed by atoms with Crippen molar-refractivity contribution in [2.75, 3.05) is 17.4 Å². The van der Waals surface area contributed by atoms with Crippen LogP contribution < -0.4 is 9.62 Å². The molecule has 0 aliphatic heterocycles. The van der Waals surface area contributed by atoms with E-state index < -0.39 is 28.5 Å². The summed E-state index contributed by atoms with van der Waals surface area (Å²) in [5.74, 6) is -0.835. The van der Waals surface area contributed by atoms with Crippen LogP contribution in [0.2, 0.25) is 5.02 Å². The largest absolute Gasteiger partial charge is 0.354 e. The minimum atomic E-state index is -4.22. The zero-order chi connectivity index (χ0) is 32.6. The van der Waals surface area contributed by atoms with Gasteiger partial charge in [0, 0.05) is 29.0 Å². The number of amides is 2. The molecule has 10 heteroatoms. The normalized spacial score (nSPS) is 11.9.